The van der Waals surface area contributed by atoms with E-state index in [2.05, 4.69) is 11.4 Å². The highest BCUT2D eigenvalue weighted by Gasteiger charge is 2.51. The van der Waals surface area contributed by atoms with Crippen molar-refractivity contribution in [2.45, 2.75) is 76.0 Å². The zero-order chi connectivity index (χ0) is 31.5. The molecule has 0 spiro atoms. The Morgan fingerprint density at radius 1 is 0.911 bits per heavy atom. The van der Waals surface area contributed by atoms with Gasteiger partial charge in [0.2, 0.25) is 17.7 Å². The average molecular weight is 607 g/mol. The highest BCUT2D eigenvalue weighted by atomic mass is 16.3. The van der Waals surface area contributed by atoms with E-state index < -0.39 is 18.1 Å². The number of phenolic OH excluding ortho intramolecular Hbond substituents is 2. The molecular weight excluding hydrogens is 568 g/mol. The summed E-state index contributed by atoms with van der Waals surface area (Å²) in [6.45, 7) is 0.528. The molecule has 45 heavy (non-hydrogen) atoms. The fraction of sp³-hybridized carbons (Fsp3) is 0.389. The second-order valence-electron chi connectivity index (χ2n) is 12.5. The van der Waals surface area contributed by atoms with Gasteiger partial charge < -0.3 is 25.3 Å². The molecule has 3 unspecified atom stereocenters. The largest absolute Gasteiger partial charge is 0.508 e. The third-order valence-corrected chi connectivity index (χ3v) is 9.58. The summed E-state index contributed by atoms with van der Waals surface area (Å²) in [7, 11) is 0. The van der Waals surface area contributed by atoms with Gasteiger partial charge in [0.05, 0.1) is 11.6 Å². The Labute approximate surface area is 263 Å². The first kappa shape index (κ1) is 30.2. The molecule has 3 amide bonds. The lowest BCUT2D eigenvalue weighted by Crippen LogP contribution is -2.67. The number of nitriles is 1. The van der Waals surface area contributed by atoms with Crippen molar-refractivity contribution >= 4 is 17.7 Å². The number of nitrogens with zero attached hydrogens (tertiary/aromatic N) is 3. The van der Waals surface area contributed by atoms with Crippen LogP contribution in [0.3, 0.4) is 0 Å². The van der Waals surface area contributed by atoms with Gasteiger partial charge in [0, 0.05) is 19.5 Å². The highest BCUT2D eigenvalue weighted by molar-refractivity contribution is 6.00. The molecule has 3 aromatic carbocycles. The fourth-order valence-corrected chi connectivity index (χ4v) is 7.19. The van der Waals surface area contributed by atoms with Crippen LogP contribution in [0.15, 0.2) is 66.7 Å². The number of carbonyl (C=O) groups excluding carboxylic acids is 3. The maximum absolute atomic E-state index is 14.6. The third kappa shape index (κ3) is 6.37. The number of rotatable bonds is 8. The molecule has 0 aromatic heterocycles. The number of piperazine rings is 1. The smallest absolute Gasteiger partial charge is 0.247 e. The summed E-state index contributed by atoms with van der Waals surface area (Å²) < 4.78 is 0. The zero-order valence-electron chi connectivity index (χ0n) is 25.2. The molecule has 3 atom stereocenters. The lowest BCUT2D eigenvalue weighted by atomic mass is 9.81. The van der Waals surface area contributed by atoms with Crippen molar-refractivity contribution in [1.82, 2.24) is 15.1 Å². The number of phenols is 2. The van der Waals surface area contributed by atoms with Crippen LogP contribution in [0.4, 0.5) is 0 Å². The van der Waals surface area contributed by atoms with Crippen molar-refractivity contribution in [3.05, 3.63) is 94.5 Å². The minimum Gasteiger partial charge on any atom is -0.508 e. The number of carbonyl (C=O) groups is 3. The van der Waals surface area contributed by atoms with Crippen LogP contribution in [0.2, 0.25) is 0 Å². The minimum atomic E-state index is -1.06. The molecular formula is C36H38N4O5. The molecule has 9 heteroatoms. The summed E-state index contributed by atoms with van der Waals surface area (Å²) >= 11 is 0. The zero-order valence-corrected chi connectivity index (χ0v) is 25.2. The molecule has 3 aliphatic rings. The van der Waals surface area contributed by atoms with Crippen molar-refractivity contribution in [2.75, 3.05) is 6.54 Å². The van der Waals surface area contributed by atoms with Gasteiger partial charge in [0.1, 0.15) is 29.6 Å². The number of amides is 3. The Kier molecular flexibility index (Phi) is 8.74. The molecule has 0 bridgehead atoms. The summed E-state index contributed by atoms with van der Waals surface area (Å²) in [5.74, 6) is -0.278. The van der Waals surface area contributed by atoms with E-state index in [0.717, 1.165) is 48.8 Å². The molecule has 1 aliphatic carbocycles. The van der Waals surface area contributed by atoms with Gasteiger partial charge in [-0.2, -0.15) is 5.26 Å². The number of benzene rings is 3. The second kappa shape index (κ2) is 13.0. The van der Waals surface area contributed by atoms with Crippen LogP contribution in [-0.4, -0.2) is 56.4 Å². The number of aromatic hydroxyl groups is 2. The lowest BCUT2D eigenvalue weighted by molar-refractivity contribution is -0.169. The Morgan fingerprint density at radius 3 is 2.33 bits per heavy atom. The molecule has 0 radical (unpaired) electrons. The Hall–Kier alpha value is -4.84. The van der Waals surface area contributed by atoms with Gasteiger partial charge in [0.15, 0.2) is 0 Å². The SMILES string of the molecule is N#Cc1ccc(C(C(=O)NCCc2ccc(O)cc2)N2C(=O)C3Cc4ccc(O)cc4CN3C(=O)C2CC2CCCCC2)cc1. The first-order valence-electron chi connectivity index (χ1n) is 15.8. The molecule has 232 valence electrons. The van der Waals surface area contributed by atoms with Gasteiger partial charge in [-0.1, -0.05) is 62.4 Å². The van der Waals surface area contributed by atoms with Crippen LogP contribution in [0.25, 0.3) is 0 Å². The normalized spacial score (nSPS) is 20.6. The lowest BCUT2D eigenvalue weighted by Gasteiger charge is -2.50. The van der Waals surface area contributed by atoms with E-state index >= 15 is 0 Å². The van der Waals surface area contributed by atoms with Gasteiger partial charge >= 0.3 is 0 Å². The van der Waals surface area contributed by atoms with Crippen molar-refractivity contribution in [3.8, 4) is 17.6 Å². The summed E-state index contributed by atoms with van der Waals surface area (Å²) in [5.41, 5.74) is 3.64. The van der Waals surface area contributed by atoms with E-state index in [4.69, 9.17) is 0 Å². The molecule has 2 fully saturated rings. The van der Waals surface area contributed by atoms with Gasteiger partial charge in [-0.15, -0.1) is 0 Å². The fourth-order valence-electron chi connectivity index (χ4n) is 7.19. The average Bonchev–Trinajstić information content (AvgIpc) is 3.06. The maximum Gasteiger partial charge on any atom is 0.247 e. The van der Waals surface area contributed by atoms with Crippen LogP contribution in [0.1, 0.15) is 72.4 Å². The molecule has 3 N–H and O–H groups in total. The van der Waals surface area contributed by atoms with Crippen molar-refractivity contribution in [2.24, 2.45) is 5.92 Å². The number of fused-ring (bicyclic) bond motifs is 2. The Bertz CT molecular complexity index is 1610. The Balaban J connectivity index is 1.36. The van der Waals surface area contributed by atoms with Crippen LogP contribution in [-0.2, 0) is 33.8 Å². The summed E-state index contributed by atoms with van der Waals surface area (Å²) in [6, 6.07) is 18.0. The van der Waals surface area contributed by atoms with Crippen LogP contribution in [0, 0.1) is 17.2 Å². The first-order chi connectivity index (χ1) is 21.8. The van der Waals surface area contributed by atoms with Gasteiger partial charge in [-0.3, -0.25) is 14.4 Å². The summed E-state index contributed by atoms with van der Waals surface area (Å²) in [5, 5.41) is 32.2. The van der Waals surface area contributed by atoms with E-state index in [-0.39, 0.29) is 41.7 Å². The summed E-state index contributed by atoms with van der Waals surface area (Å²) in [6.07, 6.45) is 6.57. The van der Waals surface area contributed by atoms with Crippen molar-refractivity contribution < 1.29 is 24.6 Å². The van der Waals surface area contributed by atoms with Gasteiger partial charge in [-0.05, 0) is 77.4 Å². The number of hydrogen-bond acceptors (Lipinski definition) is 6. The maximum atomic E-state index is 14.6. The van der Waals surface area contributed by atoms with E-state index in [1.165, 1.54) is 0 Å². The molecule has 1 saturated heterocycles. The van der Waals surface area contributed by atoms with Crippen molar-refractivity contribution in [1.29, 1.82) is 5.26 Å². The predicted octanol–water partition coefficient (Wildman–Crippen LogP) is 4.50. The number of nitrogens with one attached hydrogen (secondary N) is 1. The van der Waals surface area contributed by atoms with E-state index in [1.807, 2.05) is 0 Å². The minimum absolute atomic E-state index is 0.119. The molecule has 1 saturated carbocycles. The summed E-state index contributed by atoms with van der Waals surface area (Å²) in [4.78, 5) is 46.4. The van der Waals surface area contributed by atoms with Crippen molar-refractivity contribution in [3.63, 3.8) is 0 Å². The van der Waals surface area contributed by atoms with E-state index in [1.54, 1.807) is 76.5 Å². The van der Waals surface area contributed by atoms with E-state index in [0.29, 0.717) is 36.9 Å². The van der Waals surface area contributed by atoms with Crippen LogP contribution >= 0.6 is 0 Å². The van der Waals surface area contributed by atoms with Crippen LogP contribution < -0.4 is 5.32 Å². The first-order valence-corrected chi connectivity index (χ1v) is 15.8. The topological polar surface area (TPSA) is 134 Å². The standard InChI is InChI=1S/C36H38N4O5/c37-21-25-6-10-26(11-7-25)33(34(43)38-17-16-23-8-13-29(41)14-9-23)40-32(18-24-4-2-1-3-5-24)35(44)39-22-28-19-30(42)15-12-27(28)20-31(39)36(40)45/h6-15,19,24,31-33,41-42H,1-5,16-18,20,22H2,(H,38,43). The van der Waals surface area contributed by atoms with E-state index in [9.17, 15) is 29.9 Å². The monoisotopic (exact) mass is 606 g/mol. The molecule has 2 aliphatic heterocycles. The Morgan fingerprint density at radius 2 is 1.62 bits per heavy atom. The number of hydrogen-bond donors (Lipinski definition) is 3. The quantitative estimate of drug-likeness (QED) is 0.346. The molecule has 2 heterocycles. The second-order valence-corrected chi connectivity index (χ2v) is 12.5. The van der Waals surface area contributed by atoms with Gasteiger partial charge in [-0.25, -0.2) is 0 Å². The highest BCUT2D eigenvalue weighted by Crippen LogP contribution is 2.39. The molecule has 6 rings (SSSR count). The molecule has 9 nitrogen and oxygen atoms in total. The van der Waals surface area contributed by atoms with Gasteiger partial charge in [0.25, 0.3) is 0 Å². The van der Waals surface area contributed by atoms with Crippen LogP contribution in [0.5, 0.6) is 11.5 Å². The predicted molar refractivity (Wildman–Crippen MR) is 167 cm³/mol. The third-order valence-electron chi connectivity index (χ3n) is 9.58. The molecule has 3 aromatic rings.